The van der Waals surface area contributed by atoms with Crippen LogP contribution in [0.3, 0.4) is 0 Å². The third-order valence-electron chi connectivity index (χ3n) is 3.50. The fraction of sp³-hybridized carbons (Fsp3) is 0.167. The topological polar surface area (TPSA) is 146 Å². The lowest BCUT2D eigenvalue weighted by Gasteiger charge is -2.05. The molecule has 1 aromatic carbocycles. The number of esters is 2. The van der Waals surface area contributed by atoms with Crippen molar-refractivity contribution in [1.82, 2.24) is 0 Å². The molecule has 0 radical (unpaired) electrons. The summed E-state index contributed by atoms with van der Waals surface area (Å²) in [7, 11) is 0. The maximum atomic E-state index is 12.0. The standard InChI is InChI=1S/C18H15N3O6S/c1-2-26-18(23)16-13(12(9-19)17(20)28-16)10-27-15(22)8-7-11-5-3-4-6-14(11)21(24)25/h3-8H,2,10,20H2,1H3/b8-7+. The molecule has 0 bridgehead atoms. The van der Waals surface area contributed by atoms with E-state index in [1.54, 1.807) is 13.0 Å². The van der Waals surface area contributed by atoms with Crippen LogP contribution in [0.4, 0.5) is 10.7 Å². The number of anilines is 1. The molecule has 10 heteroatoms. The molecule has 0 unspecified atom stereocenters. The number of nitro groups is 1. The van der Waals surface area contributed by atoms with Crippen LogP contribution in [-0.4, -0.2) is 23.5 Å². The van der Waals surface area contributed by atoms with Crippen LogP contribution in [0.1, 0.15) is 33.3 Å². The quantitative estimate of drug-likeness (QED) is 0.322. The van der Waals surface area contributed by atoms with Gasteiger partial charge in [0.15, 0.2) is 0 Å². The number of carbonyl (C=O) groups excluding carboxylic acids is 2. The van der Waals surface area contributed by atoms with E-state index in [2.05, 4.69) is 0 Å². The van der Waals surface area contributed by atoms with Crippen LogP contribution in [-0.2, 0) is 20.9 Å². The average Bonchev–Trinajstić information content (AvgIpc) is 3.00. The van der Waals surface area contributed by atoms with E-state index in [1.165, 1.54) is 24.3 Å². The maximum Gasteiger partial charge on any atom is 0.348 e. The first-order valence-electron chi connectivity index (χ1n) is 7.95. The molecule has 1 aromatic heterocycles. The molecule has 0 aliphatic carbocycles. The second kappa shape index (κ2) is 9.29. The van der Waals surface area contributed by atoms with E-state index in [0.29, 0.717) is 0 Å². The molecule has 0 saturated carbocycles. The molecule has 0 amide bonds. The molecule has 1 heterocycles. The van der Waals surface area contributed by atoms with E-state index in [0.717, 1.165) is 17.4 Å². The van der Waals surface area contributed by atoms with Crippen LogP contribution in [0, 0.1) is 21.4 Å². The highest BCUT2D eigenvalue weighted by molar-refractivity contribution is 7.18. The molecule has 2 rings (SSSR count). The van der Waals surface area contributed by atoms with Crippen molar-refractivity contribution in [3.63, 3.8) is 0 Å². The van der Waals surface area contributed by atoms with Gasteiger partial charge in [-0.2, -0.15) is 5.26 Å². The highest BCUT2D eigenvalue weighted by Gasteiger charge is 2.23. The van der Waals surface area contributed by atoms with Crippen molar-refractivity contribution in [2.24, 2.45) is 0 Å². The van der Waals surface area contributed by atoms with Crippen LogP contribution in [0.15, 0.2) is 30.3 Å². The van der Waals surface area contributed by atoms with Gasteiger partial charge in [-0.15, -0.1) is 11.3 Å². The first kappa shape index (κ1) is 20.6. The Morgan fingerprint density at radius 3 is 2.71 bits per heavy atom. The fourth-order valence-electron chi connectivity index (χ4n) is 2.25. The third kappa shape index (κ3) is 4.72. The van der Waals surface area contributed by atoms with Crippen molar-refractivity contribution in [3.8, 4) is 6.07 Å². The number of benzene rings is 1. The number of nitrogens with zero attached hydrogens (tertiary/aromatic N) is 2. The van der Waals surface area contributed by atoms with Gasteiger partial charge in [-0.05, 0) is 19.1 Å². The lowest BCUT2D eigenvalue weighted by Crippen LogP contribution is -2.08. The van der Waals surface area contributed by atoms with Gasteiger partial charge in [0.05, 0.1) is 22.7 Å². The monoisotopic (exact) mass is 401 g/mol. The second-order valence-corrected chi connectivity index (χ2v) is 6.29. The molecule has 0 saturated heterocycles. The molecular formula is C18H15N3O6S. The molecule has 2 aromatic rings. The summed E-state index contributed by atoms with van der Waals surface area (Å²) in [5.41, 5.74) is 6.02. The van der Waals surface area contributed by atoms with Crippen LogP contribution >= 0.6 is 11.3 Å². The Morgan fingerprint density at radius 1 is 1.36 bits per heavy atom. The molecule has 0 fully saturated rings. The number of nitriles is 1. The smallest absolute Gasteiger partial charge is 0.348 e. The zero-order valence-corrected chi connectivity index (χ0v) is 15.5. The SMILES string of the molecule is CCOC(=O)c1sc(N)c(C#N)c1COC(=O)/C=C/c1ccccc1[N+](=O)[O-]. The number of para-hydroxylation sites is 1. The van der Waals surface area contributed by atoms with Crippen molar-refractivity contribution < 1.29 is 24.0 Å². The van der Waals surface area contributed by atoms with Gasteiger partial charge in [0.25, 0.3) is 5.69 Å². The summed E-state index contributed by atoms with van der Waals surface area (Å²) in [6, 6.07) is 7.77. The Hall–Kier alpha value is -3.71. The molecule has 0 aliphatic heterocycles. The number of thiophene rings is 1. The maximum absolute atomic E-state index is 12.0. The first-order valence-corrected chi connectivity index (χ1v) is 8.77. The van der Waals surface area contributed by atoms with E-state index in [9.17, 15) is 25.0 Å². The first-order chi connectivity index (χ1) is 13.4. The van der Waals surface area contributed by atoms with Crippen molar-refractivity contribution in [1.29, 1.82) is 5.26 Å². The van der Waals surface area contributed by atoms with Gasteiger partial charge in [0, 0.05) is 17.7 Å². The molecule has 0 spiro atoms. The van der Waals surface area contributed by atoms with E-state index >= 15 is 0 Å². The Bertz CT molecular complexity index is 990. The Kier molecular flexibility index (Phi) is 6.84. The number of ether oxygens (including phenoxy) is 2. The van der Waals surface area contributed by atoms with Gasteiger partial charge in [0.1, 0.15) is 22.6 Å². The summed E-state index contributed by atoms with van der Waals surface area (Å²) in [5, 5.41) is 20.3. The Balaban J connectivity index is 2.16. The van der Waals surface area contributed by atoms with E-state index in [-0.39, 0.29) is 45.5 Å². The number of nitro benzene ring substituents is 1. The van der Waals surface area contributed by atoms with E-state index in [4.69, 9.17) is 15.2 Å². The Labute approximate surface area is 163 Å². The fourth-order valence-corrected chi connectivity index (χ4v) is 3.17. The predicted octanol–water partition coefficient (Wildman–Crippen LogP) is 3.04. The molecule has 2 N–H and O–H groups in total. The van der Waals surface area contributed by atoms with Gasteiger partial charge in [-0.25, -0.2) is 9.59 Å². The highest BCUT2D eigenvalue weighted by Crippen LogP contribution is 2.32. The van der Waals surface area contributed by atoms with Gasteiger partial charge in [-0.1, -0.05) is 12.1 Å². The van der Waals surface area contributed by atoms with E-state index in [1.807, 2.05) is 6.07 Å². The molecule has 28 heavy (non-hydrogen) atoms. The minimum absolute atomic E-state index is 0.0449. The molecular weight excluding hydrogens is 386 g/mol. The van der Waals surface area contributed by atoms with Crippen LogP contribution in [0.25, 0.3) is 6.08 Å². The predicted molar refractivity (Wildman–Crippen MR) is 101 cm³/mol. The number of nitrogen functional groups attached to an aromatic ring is 1. The van der Waals surface area contributed by atoms with E-state index < -0.39 is 16.9 Å². The summed E-state index contributed by atoms with van der Waals surface area (Å²) in [4.78, 5) is 34.5. The average molecular weight is 401 g/mol. The summed E-state index contributed by atoms with van der Waals surface area (Å²) in [5.74, 6) is -1.47. The van der Waals surface area contributed by atoms with Crippen LogP contribution < -0.4 is 5.73 Å². The van der Waals surface area contributed by atoms with Gasteiger partial charge >= 0.3 is 11.9 Å². The number of nitrogens with two attached hydrogens (primary N) is 1. The summed E-state index contributed by atoms with van der Waals surface area (Å²) in [6.07, 6.45) is 2.27. The minimum Gasteiger partial charge on any atom is -0.462 e. The summed E-state index contributed by atoms with van der Waals surface area (Å²) in [6.45, 7) is 1.40. The van der Waals surface area contributed by atoms with Crippen molar-refractivity contribution in [2.45, 2.75) is 13.5 Å². The zero-order valence-electron chi connectivity index (χ0n) is 14.7. The van der Waals surface area contributed by atoms with Crippen molar-refractivity contribution in [2.75, 3.05) is 12.3 Å². The van der Waals surface area contributed by atoms with Crippen LogP contribution in [0.2, 0.25) is 0 Å². The van der Waals surface area contributed by atoms with Crippen LogP contribution in [0.5, 0.6) is 0 Å². The second-order valence-electron chi connectivity index (χ2n) is 5.24. The normalized spacial score (nSPS) is 10.4. The minimum atomic E-state index is -0.804. The third-order valence-corrected chi connectivity index (χ3v) is 4.54. The highest BCUT2D eigenvalue weighted by atomic mass is 32.1. The lowest BCUT2D eigenvalue weighted by molar-refractivity contribution is -0.385. The van der Waals surface area contributed by atoms with Gasteiger partial charge in [0.2, 0.25) is 0 Å². The molecule has 0 aliphatic rings. The van der Waals surface area contributed by atoms with Crippen molar-refractivity contribution >= 4 is 40.0 Å². The largest absolute Gasteiger partial charge is 0.462 e. The molecule has 9 nitrogen and oxygen atoms in total. The number of hydrogen-bond donors (Lipinski definition) is 1. The molecule has 144 valence electrons. The number of rotatable bonds is 7. The van der Waals surface area contributed by atoms with Gasteiger partial charge in [-0.3, -0.25) is 10.1 Å². The number of hydrogen-bond acceptors (Lipinski definition) is 9. The Morgan fingerprint density at radius 2 is 2.07 bits per heavy atom. The zero-order chi connectivity index (χ0) is 20.7. The summed E-state index contributed by atoms with van der Waals surface area (Å²) < 4.78 is 9.99. The van der Waals surface area contributed by atoms with Gasteiger partial charge < -0.3 is 15.2 Å². The van der Waals surface area contributed by atoms with Crippen molar-refractivity contribution in [3.05, 3.63) is 62.0 Å². The summed E-state index contributed by atoms with van der Waals surface area (Å²) >= 11 is 0.877. The number of carbonyl (C=O) groups is 2. The molecule has 0 atom stereocenters. The lowest BCUT2D eigenvalue weighted by atomic mass is 10.1.